The van der Waals surface area contributed by atoms with Gasteiger partial charge in [0.25, 0.3) is 0 Å². The number of nitriles is 1. The lowest BCUT2D eigenvalue weighted by molar-refractivity contribution is 0.408. The van der Waals surface area contributed by atoms with E-state index in [-0.39, 0.29) is 6.04 Å². The Morgan fingerprint density at radius 2 is 1.90 bits per heavy atom. The molecule has 2 rings (SSSR count). The second kappa shape index (κ2) is 6.12. The Morgan fingerprint density at radius 1 is 1.15 bits per heavy atom. The number of hydrogen-bond donors (Lipinski definition) is 1. The third-order valence-electron chi connectivity index (χ3n) is 3.36. The van der Waals surface area contributed by atoms with E-state index in [1.807, 2.05) is 49.4 Å². The van der Waals surface area contributed by atoms with Gasteiger partial charge in [-0.2, -0.15) is 5.26 Å². The van der Waals surface area contributed by atoms with E-state index in [9.17, 15) is 5.26 Å². The Bertz CT molecular complexity index is 644. The molecule has 102 valence electrons. The summed E-state index contributed by atoms with van der Waals surface area (Å²) in [6, 6.07) is 16.0. The van der Waals surface area contributed by atoms with Gasteiger partial charge in [-0.05, 0) is 31.5 Å². The predicted molar refractivity (Wildman–Crippen MR) is 80.9 cm³/mol. The molecule has 1 atom stereocenters. The molecule has 0 aromatic heterocycles. The van der Waals surface area contributed by atoms with Crippen LogP contribution in [0.2, 0.25) is 0 Å². The Labute approximate surface area is 119 Å². The maximum atomic E-state index is 9.27. The third kappa shape index (κ3) is 2.75. The molecular formula is C17H18N2O. The van der Waals surface area contributed by atoms with Gasteiger partial charge in [-0.1, -0.05) is 30.3 Å². The fourth-order valence-corrected chi connectivity index (χ4v) is 2.27. The van der Waals surface area contributed by atoms with Gasteiger partial charge in [0.15, 0.2) is 0 Å². The van der Waals surface area contributed by atoms with Crippen LogP contribution >= 0.6 is 0 Å². The third-order valence-corrected chi connectivity index (χ3v) is 3.36. The second-order valence-corrected chi connectivity index (χ2v) is 4.72. The molecule has 0 aliphatic carbocycles. The minimum Gasteiger partial charge on any atom is -0.496 e. The lowest BCUT2D eigenvalue weighted by Gasteiger charge is -2.19. The lowest BCUT2D eigenvalue weighted by Crippen LogP contribution is -2.09. The van der Waals surface area contributed by atoms with Crippen molar-refractivity contribution >= 4 is 5.69 Å². The van der Waals surface area contributed by atoms with Gasteiger partial charge in [0.1, 0.15) is 11.8 Å². The topological polar surface area (TPSA) is 45.0 Å². The molecule has 0 spiro atoms. The number of ether oxygens (including phenoxy) is 1. The molecule has 0 fully saturated rings. The number of para-hydroxylation sites is 1. The van der Waals surface area contributed by atoms with E-state index in [1.165, 1.54) is 0 Å². The van der Waals surface area contributed by atoms with E-state index in [0.717, 1.165) is 22.6 Å². The normalized spacial score (nSPS) is 11.5. The molecule has 0 radical (unpaired) electrons. The van der Waals surface area contributed by atoms with Crippen molar-refractivity contribution in [2.24, 2.45) is 0 Å². The van der Waals surface area contributed by atoms with Crippen molar-refractivity contribution in [1.82, 2.24) is 0 Å². The van der Waals surface area contributed by atoms with Crippen LogP contribution in [-0.2, 0) is 0 Å². The van der Waals surface area contributed by atoms with Crippen LogP contribution in [-0.4, -0.2) is 7.11 Å². The summed E-state index contributed by atoms with van der Waals surface area (Å²) >= 11 is 0. The number of rotatable bonds is 4. The minimum absolute atomic E-state index is 0.0556. The molecule has 3 nitrogen and oxygen atoms in total. The smallest absolute Gasteiger partial charge is 0.124 e. The van der Waals surface area contributed by atoms with Gasteiger partial charge >= 0.3 is 0 Å². The Morgan fingerprint density at radius 3 is 2.60 bits per heavy atom. The van der Waals surface area contributed by atoms with Crippen LogP contribution in [0.3, 0.4) is 0 Å². The Hall–Kier alpha value is -2.47. The van der Waals surface area contributed by atoms with Crippen LogP contribution < -0.4 is 10.1 Å². The lowest BCUT2D eigenvalue weighted by atomic mass is 10.0. The second-order valence-electron chi connectivity index (χ2n) is 4.72. The molecule has 1 N–H and O–H groups in total. The van der Waals surface area contributed by atoms with Crippen molar-refractivity contribution in [3.63, 3.8) is 0 Å². The van der Waals surface area contributed by atoms with Crippen molar-refractivity contribution in [1.29, 1.82) is 5.26 Å². The van der Waals surface area contributed by atoms with E-state index >= 15 is 0 Å². The highest BCUT2D eigenvalue weighted by atomic mass is 16.5. The number of benzene rings is 2. The minimum atomic E-state index is 0.0556. The van der Waals surface area contributed by atoms with E-state index < -0.39 is 0 Å². The standard InChI is InChI=1S/C17H18N2O/c1-12-7-6-9-16(15(12)11-18)19-13(2)14-8-4-5-10-17(14)20-3/h4-10,13,19H,1-3H3. The maximum absolute atomic E-state index is 9.27. The van der Waals surface area contributed by atoms with Crippen molar-refractivity contribution < 1.29 is 4.74 Å². The summed E-state index contributed by atoms with van der Waals surface area (Å²) in [5, 5.41) is 12.7. The Balaban J connectivity index is 2.31. The predicted octanol–water partition coefficient (Wildman–Crippen LogP) is 4.05. The summed E-state index contributed by atoms with van der Waals surface area (Å²) in [6.07, 6.45) is 0. The van der Waals surface area contributed by atoms with Gasteiger partial charge in [-0.3, -0.25) is 0 Å². The number of hydrogen-bond acceptors (Lipinski definition) is 3. The zero-order valence-corrected chi connectivity index (χ0v) is 12.0. The average molecular weight is 266 g/mol. The quantitative estimate of drug-likeness (QED) is 0.908. The van der Waals surface area contributed by atoms with Crippen LogP contribution in [0.5, 0.6) is 5.75 Å². The van der Waals surface area contributed by atoms with Gasteiger partial charge in [-0.25, -0.2) is 0 Å². The molecule has 0 heterocycles. The van der Waals surface area contributed by atoms with Crippen LogP contribution in [0, 0.1) is 18.3 Å². The number of methoxy groups -OCH3 is 1. The SMILES string of the molecule is COc1ccccc1C(C)Nc1cccc(C)c1C#N. The molecule has 1 unspecified atom stereocenters. The van der Waals surface area contributed by atoms with E-state index in [0.29, 0.717) is 5.56 Å². The van der Waals surface area contributed by atoms with Gasteiger partial charge in [0, 0.05) is 5.56 Å². The van der Waals surface area contributed by atoms with E-state index in [1.54, 1.807) is 7.11 Å². The number of aryl methyl sites for hydroxylation is 1. The van der Waals surface area contributed by atoms with Crippen molar-refractivity contribution in [3.8, 4) is 11.8 Å². The van der Waals surface area contributed by atoms with Crippen LogP contribution in [0.25, 0.3) is 0 Å². The monoisotopic (exact) mass is 266 g/mol. The maximum Gasteiger partial charge on any atom is 0.124 e. The molecule has 0 bridgehead atoms. The molecular weight excluding hydrogens is 248 g/mol. The van der Waals surface area contributed by atoms with Gasteiger partial charge in [-0.15, -0.1) is 0 Å². The first-order chi connectivity index (χ1) is 9.67. The summed E-state index contributed by atoms with van der Waals surface area (Å²) in [7, 11) is 1.67. The molecule has 2 aromatic rings. The first kappa shape index (κ1) is 14.0. The molecule has 3 heteroatoms. The van der Waals surface area contributed by atoms with Crippen molar-refractivity contribution in [2.45, 2.75) is 19.9 Å². The molecule has 0 saturated carbocycles. The number of nitrogens with one attached hydrogen (secondary N) is 1. The zero-order chi connectivity index (χ0) is 14.5. The highest BCUT2D eigenvalue weighted by Gasteiger charge is 2.13. The van der Waals surface area contributed by atoms with Crippen molar-refractivity contribution in [3.05, 3.63) is 59.2 Å². The largest absolute Gasteiger partial charge is 0.496 e. The van der Waals surface area contributed by atoms with Crippen LogP contribution in [0.15, 0.2) is 42.5 Å². The summed E-state index contributed by atoms with van der Waals surface area (Å²) in [6.45, 7) is 4.00. The summed E-state index contributed by atoms with van der Waals surface area (Å²) < 4.78 is 5.38. The first-order valence-corrected chi connectivity index (χ1v) is 6.56. The molecule has 20 heavy (non-hydrogen) atoms. The van der Waals surface area contributed by atoms with Crippen LogP contribution in [0.1, 0.15) is 29.7 Å². The molecule has 2 aromatic carbocycles. The highest BCUT2D eigenvalue weighted by Crippen LogP contribution is 2.29. The van der Waals surface area contributed by atoms with Gasteiger partial charge in [0.2, 0.25) is 0 Å². The summed E-state index contributed by atoms with van der Waals surface area (Å²) in [5.74, 6) is 0.846. The van der Waals surface area contributed by atoms with Crippen molar-refractivity contribution in [2.75, 3.05) is 12.4 Å². The number of nitrogens with zero attached hydrogens (tertiary/aromatic N) is 1. The molecule has 0 aliphatic heterocycles. The molecule has 0 saturated heterocycles. The first-order valence-electron chi connectivity index (χ1n) is 6.56. The fraction of sp³-hybridized carbons (Fsp3) is 0.235. The van der Waals surface area contributed by atoms with E-state index in [4.69, 9.17) is 4.74 Å². The van der Waals surface area contributed by atoms with Gasteiger partial charge in [0.05, 0.1) is 24.4 Å². The highest BCUT2D eigenvalue weighted by molar-refractivity contribution is 5.61. The Kier molecular flexibility index (Phi) is 4.27. The fourth-order valence-electron chi connectivity index (χ4n) is 2.27. The average Bonchev–Trinajstić information content (AvgIpc) is 2.47. The number of anilines is 1. The summed E-state index contributed by atoms with van der Waals surface area (Å²) in [4.78, 5) is 0. The molecule has 0 aliphatic rings. The molecule has 0 amide bonds. The van der Waals surface area contributed by atoms with Gasteiger partial charge < -0.3 is 10.1 Å². The van der Waals surface area contributed by atoms with E-state index in [2.05, 4.69) is 18.3 Å². The van der Waals surface area contributed by atoms with Crippen LogP contribution in [0.4, 0.5) is 5.69 Å². The zero-order valence-electron chi connectivity index (χ0n) is 12.0. The summed E-state index contributed by atoms with van der Waals surface area (Å²) in [5.41, 5.74) is 3.59.